The number of pyridine rings is 1. The molecule has 0 saturated heterocycles. The summed E-state index contributed by atoms with van der Waals surface area (Å²) < 4.78 is 1.79. The summed E-state index contributed by atoms with van der Waals surface area (Å²) in [6.45, 7) is 1.05. The van der Waals surface area contributed by atoms with Crippen molar-refractivity contribution in [2.45, 2.75) is 12.6 Å². The average Bonchev–Trinajstić information content (AvgIpc) is 2.96. The third-order valence-corrected chi connectivity index (χ3v) is 3.98. The lowest BCUT2D eigenvalue weighted by Crippen LogP contribution is -2.21. The molecule has 0 aliphatic carbocycles. The first-order valence-corrected chi connectivity index (χ1v) is 8.08. The maximum Gasteiger partial charge on any atom is 0.0969 e. The molecule has 0 aliphatic rings. The van der Waals surface area contributed by atoms with E-state index in [0.717, 1.165) is 22.4 Å². The monoisotopic (exact) mass is 378 g/mol. The zero-order valence-electron chi connectivity index (χ0n) is 13.8. The van der Waals surface area contributed by atoms with Gasteiger partial charge in [0.2, 0.25) is 0 Å². The molecule has 0 aliphatic heterocycles. The molecule has 0 spiro atoms. The second kappa shape index (κ2) is 8.97. The molecule has 25 heavy (non-hydrogen) atoms. The minimum Gasteiger partial charge on any atom is -0.387 e. The van der Waals surface area contributed by atoms with Gasteiger partial charge in [0, 0.05) is 54.9 Å². The highest BCUT2D eigenvalue weighted by Gasteiger charge is 2.12. The van der Waals surface area contributed by atoms with Crippen LogP contribution in [0.1, 0.15) is 17.2 Å². The van der Waals surface area contributed by atoms with Crippen molar-refractivity contribution >= 4 is 24.0 Å². The Morgan fingerprint density at radius 1 is 1.24 bits per heavy atom. The molecule has 1 atom stereocenters. The first-order valence-electron chi connectivity index (χ1n) is 7.70. The van der Waals surface area contributed by atoms with E-state index in [1.54, 1.807) is 29.2 Å². The number of aromatic nitrogens is 3. The third-order valence-electron chi connectivity index (χ3n) is 3.74. The standard InChI is InChI=1S/C18H19ClN4O.ClH/c1-23-12-15(18(22-23)13-5-7-20-8-6-13)10-21-11-17(24)14-3-2-4-16(19)9-14;/h2-9,12,17,21,24H,10-11H2,1H3;1H. The Bertz CT molecular complexity index is 808. The summed E-state index contributed by atoms with van der Waals surface area (Å²) in [4.78, 5) is 4.04. The fraction of sp³-hybridized carbons (Fsp3) is 0.222. The summed E-state index contributed by atoms with van der Waals surface area (Å²) >= 11 is 5.96. The Morgan fingerprint density at radius 2 is 2.00 bits per heavy atom. The average molecular weight is 379 g/mol. The van der Waals surface area contributed by atoms with Crippen molar-refractivity contribution in [2.75, 3.05) is 6.54 Å². The molecule has 0 radical (unpaired) electrons. The van der Waals surface area contributed by atoms with Crippen LogP contribution in [0, 0.1) is 0 Å². The molecule has 2 heterocycles. The molecule has 2 N–H and O–H groups in total. The predicted octanol–water partition coefficient (Wildman–Crippen LogP) is 3.38. The van der Waals surface area contributed by atoms with E-state index >= 15 is 0 Å². The van der Waals surface area contributed by atoms with Crippen LogP contribution in [-0.2, 0) is 13.6 Å². The van der Waals surface area contributed by atoms with E-state index < -0.39 is 6.10 Å². The van der Waals surface area contributed by atoms with Gasteiger partial charge in [0.15, 0.2) is 0 Å². The first kappa shape index (κ1) is 19.4. The normalized spacial score (nSPS) is 11.8. The topological polar surface area (TPSA) is 63.0 Å². The van der Waals surface area contributed by atoms with E-state index in [1.807, 2.05) is 37.5 Å². The van der Waals surface area contributed by atoms with Gasteiger partial charge in [0.05, 0.1) is 11.8 Å². The van der Waals surface area contributed by atoms with Gasteiger partial charge in [0.1, 0.15) is 0 Å². The van der Waals surface area contributed by atoms with Crippen LogP contribution in [0.3, 0.4) is 0 Å². The van der Waals surface area contributed by atoms with Crippen LogP contribution >= 0.6 is 24.0 Å². The molecule has 7 heteroatoms. The van der Waals surface area contributed by atoms with Crippen molar-refractivity contribution in [2.24, 2.45) is 7.05 Å². The maximum atomic E-state index is 10.3. The Balaban J connectivity index is 0.00000225. The summed E-state index contributed by atoms with van der Waals surface area (Å²) in [6, 6.07) is 11.1. The molecule has 5 nitrogen and oxygen atoms in total. The number of nitrogens with one attached hydrogen (secondary N) is 1. The molecular weight excluding hydrogens is 359 g/mol. The number of rotatable bonds is 6. The lowest BCUT2D eigenvalue weighted by molar-refractivity contribution is 0.174. The van der Waals surface area contributed by atoms with Crippen LogP contribution in [0.25, 0.3) is 11.3 Å². The van der Waals surface area contributed by atoms with Crippen LogP contribution in [0.2, 0.25) is 5.02 Å². The summed E-state index contributed by atoms with van der Waals surface area (Å²) in [6.07, 6.45) is 4.88. The number of aryl methyl sites for hydroxylation is 1. The number of nitrogens with zero attached hydrogens (tertiary/aromatic N) is 3. The molecule has 3 rings (SSSR count). The number of aliphatic hydroxyl groups is 1. The van der Waals surface area contributed by atoms with Crippen LogP contribution in [0.5, 0.6) is 0 Å². The first-order chi connectivity index (χ1) is 11.6. The Kier molecular flexibility index (Phi) is 6.96. The van der Waals surface area contributed by atoms with Gasteiger partial charge in [-0.3, -0.25) is 9.67 Å². The van der Waals surface area contributed by atoms with Crippen LogP contribution in [0.15, 0.2) is 55.0 Å². The molecule has 132 valence electrons. The van der Waals surface area contributed by atoms with Gasteiger partial charge in [-0.2, -0.15) is 5.10 Å². The van der Waals surface area contributed by atoms with Crippen LogP contribution in [-0.4, -0.2) is 26.4 Å². The summed E-state index contributed by atoms with van der Waals surface area (Å²) in [7, 11) is 1.90. The van der Waals surface area contributed by atoms with E-state index in [2.05, 4.69) is 15.4 Å². The molecule has 3 aromatic rings. The lowest BCUT2D eigenvalue weighted by Gasteiger charge is -2.12. The zero-order valence-corrected chi connectivity index (χ0v) is 15.3. The minimum absolute atomic E-state index is 0. The second-order valence-electron chi connectivity index (χ2n) is 5.61. The van der Waals surface area contributed by atoms with Crippen molar-refractivity contribution in [3.8, 4) is 11.3 Å². The van der Waals surface area contributed by atoms with Gasteiger partial charge in [-0.25, -0.2) is 0 Å². The largest absolute Gasteiger partial charge is 0.387 e. The molecule has 1 unspecified atom stereocenters. The van der Waals surface area contributed by atoms with Gasteiger partial charge >= 0.3 is 0 Å². The fourth-order valence-corrected chi connectivity index (χ4v) is 2.79. The maximum absolute atomic E-state index is 10.3. The SMILES string of the molecule is Cl.Cn1cc(CNCC(O)c2cccc(Cl)c2)c(-c2ccncc2)n1. The predicted molar refractivity (Wildman–Crippen MR) is 102 cm³/mol. The van der Waals surface area contributed by atoms with Crippen molar-refractivity contribution < 1.29 is 5.11 Å². The Labute approximate surface area is 158 Å². The van der Waals surface area contributed by atoms with E-state index in [9.17, 15) is 5.11 Å². The van der Waals surface area contributed by atoms with Gasteiger partial charge in [0.25, 0.3) is 0 Å². The molecular formula is C18H20Cl2N4O. The van der Waals surface area contributed by atoms with Crippen molar-refractivity contribution in [3.63, 3.8) is 0 Å². The molecule has 0 amide bonds. The summed E-state index contributed by atoms with van der Waals surface area (Å²) in [5.41, 5.74) is 3.82. The highest BCUT2D eigenvalue weighted by Crippen LogP contribution is 2.21. The number of aliphatic hydroxyl groups excluding tert-OH is 1. The number of hydrogen-bond donors (Lipinski definition) is 2. The molecule has 0 bridgehead atoms. The van der Waals surface area contributed by atoms with Gasteiger partial charge in [-0.05, 0) is 29.8 Å². The molecule has 1 aromatic carbocycles. The van der Waals surface area contributed by atoms with Gasteiger partial charge < -0.3 is 10.4 Å². The third kappa shape index (κ3) is 5.03. The quantitative estimate of drug-likeness (QED) is 0.689. The van der Waals surface area contributed by atoms with E-state index in [-0.39, 0.29) is 12.4 Å². The zero-order chi connectivity index (χ0) is 16.9. The molecule has 0 fully saturated rings. The number of hydrogen-bond acceptors (Lipinski definition) is 4. The second-order valence-corrected chi connectivity index (χ2v) is 6.05. The minimum atomic E-state index is -0.607. The summed E-state index contributed by atoms with van der Waals surface area (Å²) in [5, 5.41) is 18.7. The lowest BCUT2D eigenvalue weighted by atomic mass is 10.1. The fourth-order valence-electron chi connectivity index (χ4n) is 2.60. The number of benzene rings is 1. The van der Waals surface area contributed by atoms with Crippen molar-refractivity contribution in [1.29, 1.82) is 0 Å². The van der Waals surface area contributed by atoms with Crippen molar-refractivity contribution in [1.82, 2.24) is 20.1 Å². The molecule has 0 saturated carbocycles. The van der Waals surface area contributed by atoms with E-state index in [0.29, 0.717) is 18.1 Å². The Hall–Kier alpha value is -1.92. The summed E-state index contributed by atoms with van der Waals surface area (Å²) in [5.74, 6) is 0. The smallest absolute Gasteiger partial charge is 0.0969 e. The molecule has 2 aromatic heterocycles. The van der Waals surface area contributed by atoms with Gasteiger partial charge in [-0.15, -0.1) is 12.4 Å². The van der Waals surface area contributed by atoms with Gasteiger partial charge in [-0.1, -0.05) is 23.7 Å². The number of halogens is 2. The Morgan fingerprint density at radius 3 is 2.72 bits per heavy atom. The highest BCUT2D eigenvalue weighted by atomic mass is 35.5. The van der Waals surface area contributed by atoms with Crippen LogP contribution in [0.4, 0.5) is 0 Å². The van der Waals surface area contributed by atoms with Crippen LogP contribution < -0.4 is 5.32 Å². The van der Waals surface area contributed by atoms with Crippen molar-refractivity contribution in [3.05, 3.63) is 71.1 Å². The van der Waals surface area contributed by atoms with E-state index in [1.165, 1.54) is 0 Å². The highest BCUT2D eigenvalue weighted by molar-refractivity contribution is 6.30. The van der Waals surface area contributed by atoms with E-state index in [4.69, 9.17) is 11.6 Å².